The highest BCUT2D eigenvalue weighted by Gasteiger charge is 2.45. The Bertz CT molecular complexity index is 388. The van der Waals surface area contributed by atoms with Gasteiger partial charge >= 0.3 is 0 Å². The van der Waals surface area contributed by atoms with Crippen molar-refractivity contribution < 1.29 is 4.79 Å². The summed E-state index contributed by atoms with van der Waals surface area (Å²) in [7, 11) is 0. The van der Waals surface area contributed by atoms with Crippen LogP contribution < -0.4 is 0 Å². The molecule has 1 fully saturated rings. The molecule has 0 unspecified atom stereocenters. The van der Waals surface area contributed by atoms with E-state index in [1.807, 2.05) is 38.1 Å². The van der Waals surface area contributed by atoms with E-state index in [2.05, 4.69) is 0 Å². The lowest BCUT2D eigenvalue weighted by Crippen LogP contribution is -2.44. The Morgan fingerprint density at radius 2 is 1.81 bits per heavy atom. The summed E-state index contributed by atoms with van der Waals surface area (Å²) in [6, 6.07) is 7.76. The minimum Gasteiger partial charge on any atom is -0.298 e. The fourth-order valence-corrected chi connectivity index (χ4v) is 2.66. The average Bonchev–Trinajstić information content (AvgIpc) is 2.19. The molecule has 1 nitrogen and oxygen atoms in total. The molecule has 16 heavy (non-hydrogen) atoms. The van der Waals surface area contributed by atoms with E-state index in [-0.39, 0.29) is 11.3 Å². The topological polar surface area (TPSA) is 17.1 Å². The Hall–Kier alpha value is -0.820. The molecule has 0 aliphatic heterocycles. The molecule has 0 bridgehead atoms. The van der Waals surface area contributed by atoms with Crippen LogP contribution in [0.5, 0.6) is 0 Å². The lowest BCUT2D eigenvalue weighted by Gasteiger charge is -2.42. The standard InChI is InChI=1S/C14H17ClO/c1-10(2)13(16)14(8-3-9-14)11-4-6-12(15)7-5-11/h4-7,10H,3,8-9H2,1-2H3. The van der Waals surface area contributed by atoms with Crippen LogP contribution in [-0.2, 0) is 10.2 Å². The Labute approximate surface area is 102 Å². The summed E-state index contributed by atoms with van der Waals surface area (Å²) in [6.45, 7) is 3.97. The monoisotopic (exact) mass is 236 g/mol. The number of rotatable bonds is 3. The molecule has 1 aromatic carbocycles. The van der Waals surface area contributed by atoms with Gasteiger partial charge in [0, 0.05) is 10.9 Å². The molecule has 86 valence electrons. The molecule has 0 amide bonds. The number of carbonyl (C=O) groups is 1. The predicted octanol–water partition coefficient (Wildman–Crippen LogP) is 3.99. The van der Waals surface area contributed by atoms with Crippen molar-refractivity contribution >= 4 is 17.4 Å². The van der Waals surface area contributed by atoms with E-state index in [0.29, 0.717) is 5.78 Å². The van der Waals surface area contributed by atoms with Crippen LogP contribution in [0.4, 0.5) is 0 Å². The summed E-state index contributed by atoms with van der Waals surface area (Å²) in [5.74, 6) is 0.483. The SMILES string of the molecule is CC(C)C(=O)C1(c2ccc(Cl)cc2)CCC1. The first-order valence-electron chi connectivity index (χ1n) is 5.86. The molecular weight excluding hydrogens is 220 g/mol. The van der Waals surface area contributed by atoms with Crippen molar-refractivity contribution in [2.75, 3.05) is 0 Å². The summed E-state index contributed by atoms with van der Waals surface area (Å²) < 4.78 is 0. The van der Waals surface area contributed by atoms with Gasteiger partial charge in [-0.05, 0) is 30.5 Å². The predicted molar refractivity (Wildman–Crippen MR) is 66.8 cm³/mol. The van der Waals surface area contributed by atoms with Crippen molar-refractivity contribution in [1.82, 2.24) is 0 Å². The van der Waals surface area contributed by atoms with Gasteiger partial charge < -0.3 is 0 Å². The van der Waals surface area contributed by atoms with Gasteiger partial charge in [0.25, 0.3) is 0 Å². The average molecular weight is 237 g/mol. The molecule has 0 atom stereocenters. The fraction of sp³-hybridized carbons (Fsp3) is 0.500. The van der Waals surface area contributed by atoms with Crippen LogP contribution in [0.15, 0.2) is 24.3 Å². The van der Waals surface area contributed by atoms with E-state index >= 15 is 0 Å². The lowest BCUT2D eigenvalue weighted by molar-refractivity contribution is -0.130. The molecule has 1 aromatic rings. The van der Waals surface area contributed by atoms with Crippen molar-refractivity contribution in [2.45, 2.75) is 38.5 Å². The van der Waals surface area contributed by atoms with E-state index in [1.165, 1.54) is 0 Å². The first-order valence-corrected chi connectivity index (χ1v) is 6.24. The Morgan fingerprint density at radius 1 is 1.25 bits per heavy atom. The molecule has 2 heteroatoms. The molecule has 0 aromatic heterocycles. The summed E-state index contributed by atoms with van der Waals surface area (Å²) in [5, 5.41) is 0.732. The number of hydrogen-bond donors (Lipinski definition) is 0. The highest BCUT2D eigenvalue weighted by atomic mass is 35.5. The van der Waals surface area contributed by atoms with Crippen molar-refractivity contribution in [2.24, 2.45) is 5.92 Å². The Kier molecular flexibility index (Phi) is 3.07. The van der Waals surface area contributed by atoms with Crippen molar-refractivity contribution in [3.63, 3.8) is 0 Å². The molecule has 1 saturated carbocycles. The van der Waals surface area contributed by atoms with Crippen molar-refractivity contribution in [3.8, 4) is 0 Å². The molecule has 1 aliphatic carbocycles. The van der Waals surface area contributed by atoms with E-state index in [0.717, 1.165) is 29.8 Å². The lowest BCUT2D eigenvalue weighted by atomic mass is 9.60. The van der Waals surface area contributed by atoms with E-state index < -0.39 is 0 Å². The normalized spacial score (nSPS) is 18.2. The second-order valence-corrected chi connectivity index (χ2v) is 5.40. The smallest absolute Gasteiger partial charge is 0.145 e. The van der Waals surface area contributed by atoms with E-state index in [1.54, 1.807) is 0 Å². The summed E-state index contributed by atoms with van der Waals surface area (Å²) in [5.41, 5.74) is 0.931. The maximum absolute atomic E-state index is 12.3. The first kappa shape index (κ1) is 11.7. The molecule has 2 rings (SSSR count). The molecular formula is C14H17ClO. The largest absolute Gasteiger partial charge is 0.298 e. The number of ketones is 1. The van der Waals surface area contributed by atoms with Crippen LogP contribution in [0.3, 0.4) is 0 Å². The van der Waals surface area contributed by atoms with Crippen LogP contribution in [0.25, 0.3) is 0 Å². The third-order valence-corrected chi connectivity index (χ3v) is 3.85. The number of Topliss-reactive ketones (excluding diaryl/α,β-unsaturated/α-hetero) is 1. The number of carbonyl (C=O) groups excluding carboxylic acids is 1. The highest BCUT2D eigenvalue weighted by Crippen LogP contribution is 2.46. The summed E-state index contributed by atoms with van der Waals surface area (Å²) in [4.78, 5) is 12.3. The molecule has 0 radical (unpaired) electrons. The van der Waals surface area contributed by atoms with Crippen molar-refractivity contribution in [3.05, 3.63) is 34.9 Å². The maximum atomic E-state index is 12.3. The van der Waals surface area contributed by atoms with Gasteiger partial charge in [-0.15, -0.1) is 0 Å². The van der Waals surface area contributed by atoms with Gasteiger partial charge in [0.15, 0.2) is 0 Å². The summed E-state index contributed by atoms with van der Waals surface area (Å²) >= 11 is 5.88. The number of benzene rings is 1. The molecule has 0 heterocycles. The zero-order valence-corrected chi connectivity index (χ0v) is 10.6. The van der Waals surface area contributed by atoms with Crippen molar-refractivity contribution in [1.29, 1.82) is 0 Å². The zero-order valence-electron chi connectivity index (χ0n) is 9.79. The maximum Gasteiger partial charge on any atom is 0.145 e. The van der Waals surface area contributed by atoms with Gasteiger partial charge in [-0.25, -0.2) is 0 Å². The minimum atomic E-state index is -0.210. The quantitative estimate of drug-likeness (QED) is 0.776. The third kappa shape index (κ3) is 1.78. The third-order valence-electron chi connectivity index (χ3n) is 3.60. The Morgan fingerprint density at radius 3 is 2.19 bits per heavy atom. The second kappa shape index (κ2) is 4.21. The number of hydrogen-bond acceptors (Lipinski definition) is 1. The first-order chi connectivity index (χ1) is 7.56. The fourth-order valence-electron chi connectivity index (χ4n) is 2.53. The second-order valence-electron chi connectivity index (χ2n) is 4.96. The molecule has 0 spiro atoms. The van der Waals surface area contributed by atoms with Gasteiger partial charge in [-0.1, -0.05) is 44.0 Å². The van der Waals surface area contributed by atoms with Crippen LogP contribution in [0.1, 0.15) is 38.7 Å². The van der Waals surface area contributed by atoms with Gasteiger partial charge in [-0.3, -0.25) is 4.79 Å². The molecule has 0 saturated heterocycles. The van der Waals surface area contributed by atoms with Crippen LogP contribution >= 0.6 is 11.6 Å². The van der Waals surface area contributed by atoms with E-state index in [4.69, 9.17) is 11.6 Å². The highest BCUT2D eigenvalue weighted by molar-refractivity contribution is 6.30. The van der Waals surface area contributed by atoms with Gasteiger partial charge in [0.1, 0.15) is 5.78 Å². The van der Waals surface area contributed by atoms with Gasteiger partial charge in [0.05, 0.1) is 5.41 Å². The minimum absolute atomic E-state index is 0.107. The van der Waals surface area contributed by atoms with Gasteiger partial charge in [0.2, 0.25) is 0 Å². The van der Waals surface area contributed by atoms with Gasteiger partial charge in [-0.2, -0.15) is 0 Å². The zero-order chi connectivity index (χ0) is 11.8. The molecule has 1 aliphatic rings. The number of halogens is 1. The summed E-state index contributed by atoms with van der Waals surface area (Å²) in [6.07, 6.45) is 3.14. The molecule has 0 N–H and O–H groups in total. The van der Waals surface area contributed by atoms with Crippen LogP contribution in [0.2, 0.25) is 5.02 Å². The van der Waals surface area contributed by atoms with Crippen LogP contribution in [0, 0.1) is 5.92 Å². The van der Waals surface area contributed by atoms with E-state index in [9.17, 15) is 4.79 Å². The van der Waals surface area contributed by atoms with Crippen LogP contribution in [-0.4, -0.2) is 5.78 Å². The Balaban J connectivity index is 2.35.